The van der Waals surface area contributed by atoms with Gasteiger partial charge in [0.1, 0.15) is 0 Å². The van der Waals surface area contributed by atoms with E-state index in [1.54, 1.807) is 6.07 Å². The molecule has 0 rings (SSSR count). The summed E-state index contributed by atoms with van der Waals surface area (Å²) in [7, 11) is 1.00. The number of rotatable bonds is 0. The number of nitriles is 1. The van der Waals surface area contributed by atoms with Gasteiger partial charge in [0.2, 0.25) is 0 Å². The molecule has 0 aliphatic carbocycles. The first-order valence-corrected chi connectivity index (χ1v) is 1.78. The minimum Gasteiger partial charge on any atom is -0.652 e. The van der Waals surface area contributed by atoms with Gasteiger partial charge in [-0.3, -0.25) is 0 Å². The molecule has 0 atom stereocenters. The number of hydrogen-bond acceptors (Lipinski definition) is 5. The molecular weight excluding hydrogens is 154 g/mol. The first-order valence-electron chi connectivity index (χ1n) is 1.78. The molecule has 0 aromatic rings. The van der Waals surface area contributed by atoms with Crippen LogP contribution in [0.3, 0.4) is 0 Å². The number of aliphatic hydroxyl groups is 1. The van der Waals surface area contributed by atoms with Crippen molar-refractivity contribution >= 4 is 6.16 Å². The molecule has 0 amide bonds. The van der Waals surface area contributed by atoms with Crippen LogP contribution in [0, 0.1) is 11.3 Å². The zero-order valence-corrected chi connectivity index (χ0v) is 7.12. The summed E-state index contributed by atoms with van der Waals surface area (Å²) in [5.41, 5.74) is 0. The van der Waals surface area contributed by atoms with Crippen LogP contribution in [0.25, 0.3) is 0 Å². The maximum absolute atomic E-state index is 8.33. The Kier molecular flexibility index (Phi) is 220. The Morgan fingerprint density at radius 3 is 1.36 bits per heavy atom. The van der Waals surface area contributed by atoms with Gasteiger partial charge in [-0.1, -0.05) is 0 Å². The second-order valence-electron chi connectivity index (χ2n) is 0.474. The van der Waals surface area contributed by atoms with E-state index in [2.05, 4.69) is 0 Å². The molecule has 0 spiro atoms. The zero-order chi connectivity index (χ0) is 8.28. The Hall–Kier alpha value is -1.36. The summed E-state index contributed by atoms with van der Waals surface area (Å²) in [4.78, 5) is 8.33. The summed E-state index contributed by atoms with van der Waals surface area (Å²) in [5, 5.41) is 31.0. The van der Waals surface area contributed by atoms with E-state index in [1.807, 2.05) is 0 Å². The number of carbonyl (C=O) groups excluding carboxylic acids is 1. The van der Waals surface area contributed by atoms with E-state index >= 15 is 0 Å². The fraction of sp³-hybridized carbons (Fsp3) is 0.500. The van der Waals surface area contributed by atoms with E-state index < -0.39 is 6.16 Å². The molecule has 0 heterocycles. The van der Waals surface area contributed by atoms with Crippen LogP contribution in [0.4, 0.5) is 4.79 Å². The molecule has 0 aliphatic heterocycles. The third-order valence-electron chi connectivity index (χ3n) is 0. The maximum atomic E-state index is 8.33. The van der Waals surface area contributed by atoms with Crippen LogP contribution in [0.5, 0.6) is 0 Å². The third kappa shape index (κ3) is 206. The van der Waals surface area contributed by atoms with Crippen LogP contribution < -0.4 is 22.5 Å². The summed E-state index contributed by atoms with van der Waals surface area (Å²) in [6.07, 6.45) is -2.33. The highest BCUT2D eigenvalue weighted by atomic mass is 16.6. The van der Waals surface area contributed by atoms with Gasteiger partial charge in [0.25, 0.3) is 0 Å². The lowest BCUT2D eigenvalue weighted by atomic mass is 11.0. The van der Waals surface area contributed by atoms with Crippen LogP contribution >= 0.6 is 0 Å². The average Bonchev–Trinajstić information content (AvgIpc) is 1.71. The Labute approximate surface area is 65.1 Å². The number of carboxylic acid groups (broad SMARTS) is 2. The second-order valence-corrected chi connectivity index (χ2v) is 0.474. The van der Waals surface area contributed by atoms with Crippen molar-refractivity contribution in [1.29, 1.82) is 5.26 Å². The molecule has 0 aliphatic rings. The molecule has 0 aromatic carbocycles. The van der Waals surface area contributed by atoms with Gasteiger partial charge >= 0.3 is 0 Å². The van der Waals surface area contributed by atoms with E-state index in [1.165, 1.54) is 6.92 Å². The first-order chi connectivity index (χ1) is 4.15. The van der Waals surface area contributed by atoms with E-state index in [0.29, 0.717) is 0 Å². The number of aliphatic hydroxyl groups excluding tert-OH is 1. The van der Waals surface area contributed by atoms with Crippen molar-refractivity contribution in [3.05, 3.63) is 0 Å². The minimum absolute atomic E-state index is 0. The van der Waals surface area contributed by atoms with E-state index in [0.717, 1.165) is 7.11 Å². The predicted molar refractivity (Wildman–Crippen MR) is 36.8 cm³/mol. The average molecular weight is 169 g/mol. The van der Waals surface area contributed by atoms with Gasteiger partial charge in [-0.05, 0) is 6.16 Å². The molecular formula is C4H15N3O4. The predicted octanol–water partition coefficient (Wildman–Crippen LogP) is -1.56. The number of hydrogen-bond donors (Lipinski definition) is 3. The highest BCUT2D eigenvalue weighted by Crippen LogP contribution is 1.22. The van der Waals surface area contributed by atoms with Crippen LogP contribution in [0.2, 0.25) is 0 Å². The molecule has 0 saturated carbocycles. The molecule has 0 radical (unpaired) electrons. The molecule has 7 heteroatoms. The SMILES string of the molecule is CC#N.CO.O=C([O-])[O-].[NH4+].[NH4+]. The van der Waals surface area contributed by atoms with Crippen molar-refractivity contribution in [2.24, 2.45) is 0 Å². The molecule has 0 saturated heterocycles. The summed E-state index contributed by atoms with van der Waals surface area (Å²) in [5.74, 6) is 0. The minimum atomic E-state index is -2.33. The summed E-state index contributed by atoms with van der Waals surface area (Å²) >= 11 is 0. The number of carbonyl (C=O) groups is 1. The molecule has 70 valence electrons. The van der Waals surface area contributed by atoms with Crippen molar-refractivity contribution in [3.8, 4) is 6.07 Å². The quantitative estimate of drug-likeness (QED) is 0.395. The van der Waals surface area contributed by atoms with Gasteiger partial charge in [-0.15, -0.1) is 0 Å². The Morgan fingerprint density at radius 2 is 1.36 bits per heavy atom. The summed E-state index contributed by atoms with van der Waals surface area (Å²) in [6, 6.07) is 1.75. The monoisotopic (exact) mass is 169 g/mol. The van der Waals surface area contributed by atoms with Gasteiger partial charge in [0.05, 0.1) is 6.07 Å². The van der Waals surface area contributed by atoms with Crippen molar-refractivity contribution in [2.45, 2.75) is 6.92 Å². The third-order valence-corrected chi connectivity index (χ3v) is 0. The first kappa shape index (κ1) is 33.4. The fourth-order valence-corrected chi connectivity index (χ4v) is 0. The Bertz CT molecular complexity index is 85.8. The standard InChI is InChI=1S/C2H3N.CH2O3.CH4O.2H3N/c1-2-3;2-1(3)4;1-2;;/h1H3;(H2,2,3,4);2H,1H3;2*1H3. The van der Waals surface area contributed by atoms with E-state index in [-0.39, 0.29) is 12.3 Å². The molecule has 0 unspecified atom stereocenters. The van der Waals surface area contributed by atoms with Gasteiger partial charge in [-0.25, -0.2) is 0 Å². The number of nitrogens with zero attached hydrogens (tertiary/aromatic N) is 1. The molecule has 0 fully saturated rings. The van der Waals surface area contributed by atoms with Crippen molar-refractivity contribution in [3.63, 3.8) is 0 Å². The lowest BCUT2D eigenvalue weighted by molar-refractivity contribution is -0.415. The Balaban J connectivity index is -0.0000000158. The van der Waals surface area contributed by atoms with Gasteiger partial charge in [-0.2, -0.15) is 5.26 Å². The normalized spacial score (nSPS) is 3.45. The highest BCUT2D eigenvalue weighted by molar-refractivity contribution is 5.47. The molecule has 0 bridgehead atoms. The Morgan fingerprint density at radius 1 is 1.36 bits per heavy atom. The maximum Gasteiger partial charge on any atom is 0.0587 e. The zero-order valence-electron chi connectivity index (χ0n) is 7.12. The van der Waals surface area contributed by atoms with Crippen molar-refractivity contribution < 1.29 is 20.1 Å². The van der Waals surface area contributed by atoms with Crippen LogP contribution in [-0.2, 0) is 0 Å². The number of quaternary nitrogens is 2. The summed E-state index contributed by atoms with van der Waals surface area (Å²) < 4.78 is 0. The van der Waals surface area contributed by atoms with Crippen LogP contribution in [0.15, 0.2) is 0 Å². The van der Waals surface area contributed by atoms with Gasteiger partial charge < -0.3 is 32.4 Å². The topological polar surface area (TPSA) is 180 Å². The van der Waals surface area contributed by atoms with Crippen molar-refractivity contribution in [1.82, 2.24) is 12.3 Å². The largest absolute Gasteiger partial charge is 0.652 e. The van der Waals surface area contributed by atoms with Crippen molar-refractivity contribution in [2.75, 3.05) is 7.11 Å². The van der Waals surface area contributed by atoms with E-state index in [9.17, 15) is 0 Å². The molecule has 0 aromatic heterocycles. The lowest BCUT2D eigenvalue weighted by Crippen LogP contribution is -2.37. The molecule has 7 nitrogen and oxygen atoms in total. The smallest absolute Gasteiger partial charge is 0.0587 e. The highest BCUT2D eigenvalue weighted by Gasteiger charge is 1.26. The van der Waals surface area contributed by atoms with Gasteiger partial charge in [0.15, 0.2) is 0 Å². The fourth-order valence-electron chi connectivity index (χ4n) is 0. The van der Waals surface area contributed by atoms with Crippen LogP contribution in [-0.4, -0.2) is 18.4 Å². The molecule has 11 heavy (non-hydrogen) atoms. The second kappa shape index (κ2) is 72.4. The van der Waals surface area contributed by atoms with E-state index in [4.69, 9.17) is 25.4 Å². The summed E-state index contributed by atoms with van der Waals surface area (Å²) in [6.45, 7) is 1.43. The van der Waals surface area contributed by atoms with Gasteiger partial charge in [0, 0.05) is 14.0 Å². The lowest BCUT2D eigenvalue weighted by Gasteiger charge is -1.96. The molecule has 9 N–H and O–H groups in total. The van der Waals surface area contributed by atoms with Crippen LogP contribution in [0.1, 0.15) is 6.92 Å².